The number of rotatable bonds is 3. The van der Waals surface area contributed by atoms with Crippen LogP contribution in [-0.2, 0) is 11.3 Å². The number of aryl methyl sites for hydroxylation is 1. The van der Waals surface area contributed by atoms with Gasteiger partial charge in [0.05, 0.1) is 25.4 Å². The zero-order valence-electron chi connectivity index (χ0n) is 9.01. The van der Waals surface area contributed by atoms with Crippen LogP contribution in [0.5, 0.6) is 0 Å². The van der Waals surface area contributed by atoms with E-state index in [1.54, 1.807) is 23.0 Å². The number of esters is 1. The third kappa shape index (κ3) is 1.96. The Labute approximate surface area is 96.7 Å². The number of nitrogens with zero attached hydrogens (tertiary/aromatic N) is 3. The molecular formula is C10H11N3O2S. The summed E-state index contributed by atoms with van der Waals surface area (Å²) in [4.78, 5) is 20.7. The molecule has 0 aliphatic carbocycles. The van der Waals surface area contributed by atoms with Crippen LogP contribution < -0.4 is 0 Å². The number of hydrogen-bond acceptors (Lipinski definition) is 5. The molecule has 5 nitrogen and oxygen atoms in total. The Morgan fingerprint density at radius 1 is 1.56 bits per heavy atom. The molecule has 0 aromatic carbocycles. The van der Waals surface area contributed by atoms with Crippen molar-refractivity contribution in [3.8, 4) is 0 Å². The molecule has 2 rings (SSSR count). The molecule has 16 heavy (non-hydrogen) atoms. The van der Waals surface area contributed by atoms with Gasteiger partial charge in [0.1, 0.15) is 11.5 Å². The number of methoxy groups -OCH3 is 1. The number of thiazole rings is 1. The molecule has 0 amide bonds. The normalized spacial score (nSPS) is 10.4. The first-order valence-electron chi connectivity index (χ1n) is 4.70. The summed E-state index contributed by atoms with van der Waals surface area (Å²) in [5.74, 6) is 0.416. The number of ether oxygens (including phenoxy) is 1. The van der Waals surface area contributed by atoms with E-state index < -0.39 is 0 Å². The first kappa shape index (κ1) is 10.8. The summed E-state index contributed by atoms with van der Waals surface area (Å²) < 4.78 is 6.52. The van der Waals surface area contributed by atoms with Crippen LogP contribution in [0.25, 0.3) is 0 Å². The van der Waals surface area contributed by atoms with E-state index in [1.807, 2.05) is 11.5 Å². The Balaban J connectivity index is 2.32. The summed E-state index contributed by atoms with van der Waals surface area (Å²) in [5, 5.41) is 0. The summed E-state index contributed by atoms with van der Waals surface area (Å²) >= 11 is 1.55. The fourth-order valence-corrected chi connectivity index (χ4v) is 1.99. The highest BCUT2D eigenvalue weighted by Gasteiger charge is 2.15. The first-order valence-corrected chi connectivity index (χ1v) is 5.58. The number of carbonyl (C=O) groups excluding carboxylic acids is 1. The fourth-order valence-electron chi connectivity index (χ4n) is 1.41. The topological polar surface area (TPSA) is 57.0 Å². The molecule has 2 aromatic heterocycles. The Bertz CT molecular complexity index is 490. The first-order chi connectivity index (χ1) is 7.72. The molecule has 0 aliphatic heterocycles. The Kier molecular flexibility index (Phi) is 3.00. The molecule has 0 radical (unpaired) electrons. The molecule has 0 saturated carbocycles. The van der Waals surface area contributed by atoms with Crippen LogP contribution in [0.1, 0.15) is 21.2 Å². The van der Waals surface area contributed by atoms with Gasteiger partial charge in [-0.1, -0.05) is 0 Å². The molecule has 2 heterocycles. The van der Waals surface area contributed by atoms with E-state index in [1.165, 1.54) is 13.3 Å². The van der Waals surface area contributed by atoms with Gasteiger partial charge in [-0.25, -0.2) is 9.78 Å². The molecule has 84 valence electrons. The molecule has 0 aliphatic rings. The molecule has 0 atom stereocenters. The van der Waals surface area contributed by atoms with Crippen LogP contribution in [0, 0.1) is 6.92 Å². The van der Waals surface area contributed by atoms with Crippen molar-refractivity contribution < 1.29 is 9.53 Å². The molecule has 2 aromatic rings. The lowest BCUT2D eigenvalue weighted by atomic mass is 10.4. The van der Waals surface area contributed by atoms with E-state index >= 15 is 0 Å². The smallest absolute Gasteiger partial charge is 0.356 e. The standard InChI is InChI=1S/C10H11N3O2S/c1-7-12-4-9(10(14)15-2)13(7)5-8-3-11-6-16-8/h3-4,6H,5H2,1-2H3. The molecule has 0 saturated heterocycles. The zero-order chi connectivity index (χ0) is 11.5. The number of aromatic nitrogens is 3. The molecule has 6 heteroatoms. The van der Waals surface area contributed by atoms with Crippen LogP contribution in [0.15, 0.2) is 17.9 Å². The van der Waals surface area contributed by atoms with Crippen LogP contribution in [0.3, 0.4) is 0 Å². The lowest BCUT2D eigenvalue weighted by molar-refractivity contribution is 0.0588. The van der Waals surface area contributed by atoms with Gasteiger partial charge in [-0.15, -0.1) is 11.3 Å². The van der Waals surface area contributed by atoms with Gasteiger partial charge in [0.2, 0.25) is 0 Å². The van der Waals surface area contributed by atoms with Gasteiger partial charge < -0.3 is 9.30 Å². The van der Waals surface area contributed by atoms with Crippen molar-refractivity contribution in [2.24, 2.45) is 0 Å². The Morgan fingerprint density at radius 3 is 3.00 bits per heavy atom. The fraction of sp³-hybridized carbons (Fsp3) is 0.300. The highest BCUT2D eigenvalue weighted by atomic mass is 32.1. The Morgan fingerprint density at radius 2 is 2.38 bits per heavy atom. The zero-order valence-corrected chi connectivity index (χ0v) is 9.82. The highest BCUT2D eigenvalue weighted by molar-refractivity contribution is 7.09. The maximum Gasteiger partial charge on any atom is 0.356 e. The second-order valence-corrected chi connectivity index (χ2v) is 4.21. The van der Waals surface area contributed by atoms with E-state index in [4.69, 9.17) is 4.74 Å². The SMILES string of the molecule is COC(=O)c1cnc(C)n1Cc1cncs1. The molecule has 0 fully saturated rings. The lowest BCUT2D eigenvalue weighted by Gasteiger charge is -2.06. The minimum absolute atomic E-state index is 0.370. The minimum atomic E-state index is -0.370. The van der Waals surface area contributed by atoms with E-state index in [0.717, 1.165) is 10.7 Å². The second-order valence-electron chi connectivity index (χ2n) is 3.24. The predicted molar refractivity (Wildman–Crippen MR) is 59.5 cm³/mol. The van der Waals surface area contributed by atoms with Gasteiger partial charge in [0.25, 0.3) is 0 Å². The molecule has 0 bridgehead atoms. The summed E-state index contributed by atoms with van der Waals surface area (Å²) in [6.07, 6.45) is 3.31. The third-order valence-electron chi connectivity index (χ3n) is 2.25. The lowest BCUT2D eigenvalue weighted by Crippen LogP contribution is -2.12. The van der Waals surface area contributed by atoms with Crippen molar-refractivity contribution in [3.05, 3.63) is 34.3 Å². The minimum Gasteiger partial charge on any atom is -0.464 e. The molecular weight excluding hydrogens is 226 g/mol. The van der Waals surface area contributed by atoms with Crippen molar-refractivity contribution in [3.63, 3.8) is 0 Å². The van der Waals surface area contributed by atoms with Gasteiger partial charge in [-0.05, 0) is 6.92 Å². The second kappa shape index (κ2) is 4.44. The number of carbonyl (C=O) groups is 1. The van der Waals surface area contributed by atoms with E-state index in [2.05, 4.69) is 9.97 Å². The van der Waals surface area contributed by atoms with Crippen LogP contribution in [0.4, 0.5) is 0 Å². The van der Waals surface area contributed by atoms with Crippen LogP contribution in [0.2, 0.25) is 0 Å². The van der Waals surface area contributed by atoms with Crippen molar-refractivity contribution in [1.29, 1.82) is 0 Å². The molecule has 0 unspecified atom stereocenters. The highest BCUT2D eigenvalue weighted by Crippen LogP contribution is 2.13. The van der Waals surface area contributed by atoms with Gasteiger partial charge in [-0.2, -0.15) is 0 Å². The monoisotopic (exact) mass is 237 g/mol. The Hall–Kier alpha value is -1.69. The van der Waals surface area contributed by atoms with Gasteiger partial charge in [-0.3, -0.25) is 4.98 Å². The number of hydrogen-bond donors (Lipinski definition) is 0. The van der Waals surface area contributed by atoms with Crippen LogP contribution >= 0.6 is 11.3 Å². The molecule has 0 N–H and O–H groups in total. The van der Waals surface area contributed by atoms with Gasteiger partial charge in [0.15, 0.2) is 0 Å². The largest absolute Gasteiger partial charge is 0.464 e. The van der Waals surface area contributed by atoms with Gasteiger partial charge in [0, 0.05) is 11.1 Å². The van der Waals surface area contributed by atoms with Crippen molar-refractivity contribution in [1.82, 2.24) is 14.5 Å². The van der Waals surface area contributed by atoms with Crippen molar-refractivity contribution in [2.45, 2.75) is 13.5 Å². The average molecular weight is 237 g/mol. The van der Waals surface area contributed by atoms with Crippen LogP contribution in [-0.4, -0.2) is 27.6 Å². The van der Waals surface area contributed by atoms with Crippen molar-refractivity contribution in [2.75, 3.05) is 7.11 Å². The summed E-state index contributed by atoms with van der Waals surface area (Å²) in [7, 11) is 1.36. The van der Waals surface area contributed by atoms with Crippen molar-refractivity contribution >= 4 is 17.3 Å². The van der Waals surface area contributed by atoms with E-state index in [9.17, 15) is 4.79 Å². The maximum atomic E-state index is 11.5. The summed E-state index contributed by atoms with van der Waals surface area (Å²) in [5.41, 5.74) is 2.23. The number of imidazole rings is 1. The average Bonchev–Trinajstić information content (AvgIpc) is 2.90. The van der Waals surface area contributed by atoms with E-state index in [0.29, 0.717) is 12.2 Å². The summed E-state index contributed by atoms with van der Waals surface area (Å²) in [6, 6.07) is 0. The maximum absolute atomic E-state index is 11.5. The van der Waals surface area contributed by atoms with E-state index in [-0.39, 0.29) is 5.97 Å². The quantitative estimate of drug-likeness (QED) is 0.759. The third-order valence-corrected chi connectivity index (χ3v) is 3.01. The molecule has 0 spiro atoms. The summed E-state index contributed by atoms with van der Waals surface area (Å²) in [6.45, 7) is 2.45. The van der Waals surface area contributed by atoms with Gasteiger partial charge >= 0.3 is 5.97 Å². The predicted octanol–water partition coefficient (Wildman–Crippen LogP) is 1.48.